The van der Waals surface area contributed by atoms with Crippen molar-refractivity contribution in [1.29, 1.82) is 0 Å². The van der Waals surface area contributed by atoms with E-state index in [2.05, 4.69) is 79.8 Å². The van der Waals surface area contributed by atoms with Crippen LogP contribution in [0.25, 0.3) is 44.5 Å². The number of aromatic nitrogens is 5. The molecule has 0 amide bonds. The summed E-state index contributed by atoms with van der Waals surface area (Å²) in [7, 11) is 0. The Morgan fingerprint density at radius 3 is 2.35 bits per heavy atom. The molecular formula is C27H22N6S. The third-order valence-corrected chi connectivity index (χ3v) is 6.70. The highest BCUT2D eigenvalue weighted by atomic mass is 32.1. The second-order valence-electron chi connectivity index (χ2n) is 8.19. The highest BCUT2D eigenvalue weighted by Gasteiger charge is 2.15. The van der Waals surface area contributed by atoms with Crippen molar-refractivity contribution in [2.24, 2.45) is 5.73 Å². The van der Waals surface area contributed by atoms with Crippen LogP contribution in [0.1, 0.15) is 18.5 Å². The van der Waals surface area contributed by atoms with Gasteiger partial charge in [0.1, 0.15) is 22.2 Å². The summed E-state index contributed by atoms with van der Waals surface area (Å²) in [5.41, 5.74) is 12.0. The van der Waals surface area contributed by atoms with Crippen molar-refractivity contribution >= 4 is 22.4 Å². The first-order valence-corrected chi connectivity index (χ1v) is 11.9. The third kappa shape index (κ3) is 3.61. The molecule has 2 N–H and O–H groups in total. The van der Waals surface area contributed by atoms with E-state index in [-0.39, 0.29) is 6.04 Å². The first kappa shape index (κ1) is 20.5. The Balaban J connectivity index is 1.43. The fraction of sp³-hybridized carbons (Fsp3) is 0.0741. The van der Waals surface area contributed by atoms with E-state index in [0.717, 1.165) is 50.1 Å². The largest absolute Gasteiger partial charge is 0.324 e. The molecule has 0 aliphatic rings. The lowest BCUT2D eigenvalue weighted by Gasteiger charge is -2.11. The van der Waals surface area contributed by atoms with Crippen LogP contribution in [0.4, 0.5) is 0 Å². The Bertz CT molecular complexity index is 1560. The molecule has 0 saturated heterocycles. The molecule has 6 rings (SSSR count). The monoisotopic (exact) mass is 462 g/mol. The number of nitrogens with two attached hydrogens (primary N) is 1. The number of nitrogens with zero attached hydrogens (tertiary/aromatic N) is 5. The average Bonchev–Trinajstić information content (AvgIpc) is 3.64. The summed E-state index contributed by atoms with van der Waals surface area (Å²) in [5, 5.41) is 3.98. The number of hydrogen-bond donors (Lipinski definition) is 1. The minimum atomic E-state index is -0.00557. The molecular weight excluding hydrogens is 440 g/mol. The molecule has 0 radical (unpaired) electrons. The van der Waals surface area contributed by atoms with Gasteiger partial charge in [-0.25, -0.2) is 15.0 Å². The second-order valence-corrected chi connectivity index (χ2v) is 9.08. The topological polar surface area (TPSA) is 74.6 Å². The van der Waals surface area contributed by atoms with Crippen LogP contribution in [-0.4, -0.2) is 24.1 Å². The Morgan fingerprint density at radius 1 is 0.853 bits per heavy atom. The highest BCUT2D eigenvalue weighted by Crippen LogP contribution is 2.30. The Kier molecular flexibility index (Phi) is 5.05. The molecule has 2 aromatic carbocycles. The molecule has 7 heteroatoms. The number of benzene rings is 2. The lowest BCUT2D eigenvalue weighted by molar-refractivity contribution is 0.817. The van der Waals surface area contributed by atoms with Crippen molar-refractivity contribution in [3.8, 4) is 33.5 Å². The first-order chi connectivity index (χ1) is 16.7. The van der Waals surface area contributed by atoms with Gasteiger partial charge >= 0.3 is 0 Å². The van der Waals surface area contributed by atoms with Gasteiger partial charge < -0.3 is 10.3 Å². The van der Waals surface area contributed by atoms with Crippen LogP contribution in [0.15, 0.2) is 96.9 Å². The van der Waals surface area contributed by atoms with Gasteiger partial charge in [-0.05, 0) is 67.1 Å². The molecule has 0 aliphatic heterocycles. The van der Waals surface area contributed by atoms with Gasteiger partial charge in [0.15, 0.2) is 0 Å². The Hall–Kier alpha value is -4.07. The number of thiazole rings is 1. The van der Waals surface area contributed by atoms with Gasteiger partial charge in [-0.1, -0.05) is 12.1 Å². The molecule has 6 nitrogen and oxygen atoms in total. The van der Waals surface area contributed by atoms with Gasteiger partial charge in [0.2, 0.25) is 0 Å². The van der Waals surface area contributed by atoms with Gasteiger partial charge in [-0.15, -0.1) is 11.3 Å². The van der Waals surface area contributed by atoms with E-state index in [0.29, 0.717) is 0 Å². The minimum Gasteiger partial charge on any atom is -0.324 e. The molecule has 0 saturated carbocycles. The normalized spacial score (nSPS) is 12.3. The van der Waals surface area contributed by atoms with Crippen molar-refractivity contribution in [3.05, 3.63) is 102 Å². The summed E-state index contributed by atoms with van der Waals surface area (Å²) in [5.74, 6) is 0.862. The maximum Gasteiger partial charge on any atom is 0.145 e. The zero-order valence-corrected chi connectivity index (χ0v) is 19.4. The van der Waals surface area contributed by atoms with E-state index in [1.165, 1.54) is 0 Å². The van der Waals surface area contributed by atoms with E-state index in [4.69, 9.17) is 10.7 Å². The van der Waals surface area contributed by atoms with Gasteiger partial charge in [-0.2, -0.15) is 0 Å². The van der Waals surface area contributed by atoms with Crippen LogP contribution in [0.3, 0.4) is 0 Å². The van der Waals surface area contributed by atoms with Crippen molar-refractivity contribution in [2.75, 3.05) is 0 Å². The Labute approximate surface area is 201 Å². The molecule has 4 aromatic heterocycles. The zero-order chi connectivity index (χ0) is 23.1. The molecule has 1 unspecified atom stereocenters. The maximum absolute atomic E-state index is 6.05. The van der Waals surface area contributed by atoms with Crippen LogP contribution in [0.5, 0.6) is 0 Å². The van der Waals surface area contributed by atoms with Gasteiger partial charge in [0.25, 0.3) is 0 Å². The number of imidazole rings is 1. The standard InChI is InChI=1S/C27H22N6S/c1-18(28)19-4-8-23(9-5-19)33-17-24(27-30-14-16-34-27)31-26(33)21-6-10-22(11-7-21)32-15-12-20-3-2-13-29-25(20)32/h2-18H,28H2,1H3. The number of pyridine rings is 1. The summed E-state index contributed by atoms with van der Waals surface area (Å²) >= 11 is 1.58. The lowest BCUT2D eigenvalue weighted by atomic mass is 10.1. The fourth-order valence-corrected chi connectivity index (χ4v) is 4.71. The SMILES string of the molecule is CC(N)c1ccc(-n2cc(-c3nccs3)nc2-c2ccc(-n3ccc4cccnc43)cc2)cc1. The van der Waals surface area contributed by atoms with Crippen molar-refractivity contribution in [3.63, 3.8) is 0 Å². The van der Waals surface area contributed by atoms with E-state index >= 15 is 0 Å². The molecule has 34 heavy (non-hydrogen) atoms. The van der Waals surface area contributed by atoms with Crippen LogP contribution in [0, 0.1) is 0 Å². The van der Waals surface area contributed by atoms with E-state index < -0.39 is 0 Å². The number of hydrogen-bond acceptors (Lipinski definition) is 5. The fourth-order valence-electron chi connectivity index (χ4n) is 4.12. The van der Waals surface area contributed by atoms with E-state index in [1.54, 1.807) is 17.5 Å². The van der Waals surface area contributed by atoms with Gasteiger partial charge in [-0.3, -0.25) is 4.57 Å². The van der Waals surface area contributed by atoms with Crippen molar-refractivity contribution in [2.45, 2.75) is 13.0 Å². The highest BCUT2D eigenvalue weighted by molar-refractivity contribution is 7.13. The van der Waals surface area contributed by atoms with Gasteiger partial charge in [0, 0.05) is 58.5 Å². The smallest absolute Gasteiger partial charge is 0.145 e. The molecule has 1 atom stereocenters. The molecule has 166 valence electrons. The van der Waals surface area contributed by atoms with Crippen molar-refractivity contribution in [1.82, 2.24) is 24.1 Å². The van der Waals surface area contributed by atoms with Crippen molar-refractivity contribution < 1.29 is 0 Å². The quantitative estimate of drug-likeness (QED) is 0.340. The summed E-state index contributed by atoms with van der Waals surface area (Å²) in [6.07, 6.45) is 7.72. The summed E-state index contributed by atoms with van der Waals surface area (Å²) in [6, 6.07) is 22.8. The predicted molar refractivity (Wildman–Crippen MR) is 137 cm³/mol. The number of rotatable bonds is 5. The maximum atomic E-state index is 6.05. The summed E-state index contributed by atoms with van der Waals surface area (Å²) < 4.78 is 4.21. The van der Waals surface area contributed by atoms with E-state index in [9.17, 15) is 0 Å². The third-order valence-electron chi connectivity index (χ3n) is 5.91. The molecule has 6 aromatic rings. The zero-order valence-electron chi connectivity index (χ0n) is 18.5. The van der Waals surface area contributed by atoms with E-state index in [1.807, 2.05) is 37.0 Å². The van der Waals surface area contributed by atoms with Crippen LogP contribution >= 0.6 is 11.3 Å². The van der Waals surface area contributed by atoms with Crippen LogP contribution in [-0.2, 0) is 0 Å². The first-order valence-electron chi connectivity index (χ1n) is 11.1. The Morgan fingerprint density at radius 2 is 1.62 bits per heavy atom. The lowest BCUT2D eigenvalue weighted by Crippen LogP contribution is -2.05. The number of fused-ring (bicyclic) bond motifs is 1. The molecule has 0 bridgehead atoms. The van der Waals surface area contributed by atoms with Gasteiger partial charge in [0.05, 0.1) is 0 Å². The molecule has 0 aliphatic carbocycles. The average molecular weight is 463 g/mol. The molecule has 0 fully saturated rings. The second kappa shape index (κ2) is 8.37. The predicted octanol–water partition coefficient (Wildman–Crippen LogP) is 6.02. The minimum absolute atomic E-state index is 0.00557. The summed E-state index contributed by atoms with van der Waals surface area (Å²) in [6.45, 7) is 1.99. The molecule has 0 spiro atoms. The van der Waals surface area contributed by atoms with Crippen LogP contribution in [0.2, 0.25) is 0 Å². The summed E-state index contributed by atoms with van der Waals surface area (Å²) in [4.78, 5) is 14.0. The van der Waals surface area contributed by atoms with Crippen LogP contribution < -0.4 is 5.73 Å². The molecule has 4 heterocycles.